The number of hydrogen-bond acceptors (Lipinski definition) is 1. The molecule has 1 rings (SSSR count). The maximum Gasteiger partial charge on any atom is 0.0699 e. The van der Waals surface area contributed by atoms with Crippen LogP contribution in [0.3, 0.4) is 0 Å². The predicted octanol–water partition coefficient (Wildman–Crippen LogP) is 2.34. The molecule has 0 amide bonds. The molecule has 0 spiro atoms. The van der Waals surface area contributed by atoms with E-state index in [1.165, 1.54) is 18.7 Å². The third-order valence-electron chi connectivity index (χ3n) is 1.82. The van der Waals surface area contributed by atoms with E-state index < -0.39 is 0 Å². The summed E-state index contributed by atoms with van der Waals surface area (Å²) in [5.41, 5.74) is 0.306. The Balaban J connectivity index is 2.43. The minimum absolute atomic E-state index is 0.0190. The van der Waals surface area contributed by atoms with Crippen LogP contribution >= 0.6 is 7.92 Å². The molecule has 0 saturated carbocycles. The van der Waals surface area contributed by atoms with Gasteiger partial charge in [0.25, 0.3) is 0 Å². The lowest BCUT2D eigenvalue weighted by Crippen LogP contribution is -2.04. The van der Waals surface area contributed by atoms with Crippen molar-refractivity contribution in [2.24, 2.45) is 0 Å². The maximum atomic E-state index is 8.63. The van der Waals surface area contributed by atoms with Crippen molar-refractivity contribution in [1.82, 2.24) is 0 Å². The molecule has 2 heteroatoms. The molecule has 0 aromatic carbocycles. The van der Waals surface area contributed by atoms with Crippen LogP contribution in [-0.2, 0) is 0 Å². The zero-order valence-electron chi connectivity index (χ0n) is 6.25. The van der Waals surface area contributed by atoms with Gasteiger partial charge in [-0.1, -0.05) is 20.1 Å². The van der Waals surface area contributed by atoms with E-state index in [-0.39, 0.29) is 7.92 Å². The summed E-state index contributed by atoms with van der Waals surface area (Å²) in [6, 6.07) is 2.33. The molecule has 1 aliphatic heterocycles. The molecule has 10 heavy (non-hydrogen) atoms. The summed E-state index contributed by atoms with van der Waals surface area (Å²) in [4.78, 5) is 0. The highest BCUT2D eigenvalue weighted by Crippen LogP contribution is 2.43. The van der Waals surface area contributed by atoms with E-state index in [4.69, 9.17) is 5.26 Å². The van der Waals surface area contributed by atoms with Gasteiger partial charge in [-0.3, -0.25) is 0 Å². The highest BCUT2D eigenvalue weighted by Gasteiger charge is 2.15. The molecule has 0 bridgehead atoms. The minimum Gasteiger partial charge on any atom is -0.198 e. The van der Waals surface area contributed by atoms with E-state index in [1.807, 2.05) is 6.92 Å². The fourth-order valence-corrected chi connectivity index (χ4v) is 3.04. The number of nitrogens with zero attached hydrogens (tertiary/aromatic N) is 1. The molecule has 0 N–H and O–H groups in total. The van der Waals surface area contributed by atoms with Gasteiger partial charge >= 0.3 is 0 Å². The first-order valence-electron chi connectivity index (χ1n) is 3.63. The average molecular weight is 153 g/mol. The molecule has 1 aliphatic rings. The number of rotatable bonds is 1. The fourth-order valence-electron chi connectivity index (χ4n) is 1.09. The van der Waals surface area contributed by atoms with Crippen LogP contribution in [0.1, 0.15) is 13.3 Å². The molecule has 0 aromatic rings. The van der Waals surface area contributed by atoms with Crippen LogP contribution in [0.15, 0.2) is 12.2 Å². The normalized spacial score (nSPS) is 27.4. The largest absolute Gasteiger partial charge is 0.198 e. The molecule has 0 aromatic heterocycles. The number of hydrogen-bond donors (Lipinski definition) is 0. The maximum absolute atomic E-state index is 8.63. The molecule has 54 valence electrons. The van der Waals surface area contributed by atoms with E-state index >= 15 is 0 Å². The summed E-state index contributed by atoms with van der Waals surface area (Å²) in [7, 11) is 0.0190. The first-order valence-corrected chi connectivity index (χ1v) is 5.41. The summed E-state index contributed by atoms with van der Waals surface area (Å²) < 4.78 is 0. The first kappa shape index (κ1) is 7.76. The standard InChI is InChI=1S/C8H12NP/c1-8(7-9)10-5-3-2-4-6-10/h2-3,8H,4-6H2,1H3. The van der Waals surface area contributed by atoms with Crippen molar-refractivity contribution in [3.05, 3.63) is 12.2 Å². The van der Waals surface area contributed by atoms with Crippen LogP contribution < -0.4 is 0 Å². The van der Waals surface area contributed by atoms with Gasteiger partial charge in [0.2, 0.25) is 0 Å². The number of allylic oxidation sites excluding steroid dienone is 2. The molecule has 2 atom stereocenters. The van der Waals surface area contributed by atoms with Crippen molar-refractivity contribution >= 4 is 7.92 Å². The van der Waals surface area contributed by atoms with Crippen LogP contribution in [0.4, 0.5) is 0 Å². The Hall–Kier alpha value is -0.340. The fraction of sp³-hybridized carbons (Fsp3) is 0.625. The van der Waals surface area contributed by atoms with Crippen molar-refractivity contribution in [3.63, 3.8) is 0 Å². The third kappa shape index (κ3) is 1.82. The van der Waals surface area contributed by atoms with Crippen molar-refractivity contribution in [3.8, 4) is 6.07 Å². The van der Waals surface area contributed by atoms with E-state index in [0.29, 0.717) is 5.66 Å². The third-order valence-corrected chi connectivity index (χ3v) is 4.55. The lowest BCUT2D eigenvalue weighted by atomic mass is 10.4. The van der Waals surface area contributed by atoms with Crippen LogP contribution in [0.25, 0.3) is 0 Å². The molecular weight excluding hydrogens is 141 g/mol. The van der Waals surface area contributed by atoms with Crippen molar-refractivity contribution in [2.75, 3.05) is 12.3 Å². The zero-order valence-corrected chi connectivity index (χ0v) is 7.14. The van der Waals surface area contributed by atoms with Crippen LogP contribution in [0.2, 0.25) is 0 Å². The Morgan fingerprint density at radius 1 is 1.60 bits per heavy atom. The second-order valence-corrected chi connectivity index (χ2v) is 5.32. The van der Waals surface area contributed by atoms with E-state index in [0.717, 1.165) is 0 Å². The molecule has 2 unspecified atom stereocenters. The average Bonchev–Trinajstić information content (AvgIpc) is 2.05. The van der Waals surface area contributed by atoms with Gasteiger partial charge in [0.05, 0.1) is 11.7 Å². The Kier molecular flexibility index (Phi) is 2.90. The van der Waals surface area contributed by atoms with Gasteiger partial charge < -0.3 is 0 Å². The summed E-state index contributed by atoms with van der Waals surface area (Å²) >= 11 is 0. The lowest BCUT2D eigenvalue weighted by Gasteiger charge is -2.19. The van der Waals surface area contributed by atoms with Crippen molar-refractivity contribution in [2.45, 2.75) is 19.0 Å². The molecule has 0 radical (unpaired) electrons. The highest BCUT2D eigenvalue weighted by atomic mass is 31.1. The Bertz CT molecular complexity index is 169. The van der Waals surface area contributed by atoms with Gasteiger partial charge in [-0.05, 0) is 25.7 Å². The zero-order chi connectivity index (χ0) is 7.40. The van der Waals surface area contributed by atoms with E-state index in [2.05, 4.69) is 18.2 Å². The predicted molar refractivity (Wildman–Crippen MR) is 45.5 cm³/mol. The molecule has 0 saturated heterocycles. The summed E-state index contributed by atoms with van der Waals surface area (Å²) in [5, 5.41) is 8.63. The molecule has 1 heterocycles. The van der Waals surface area contributed by atoms with Crippen molar-refractivity contribution < 1.29 is 0 Å². The molecule has 0 aliphatic carbocycles. The molecule has 1 nitrogen and oxygen atoms in total. The van der Waals surface area contributed by atoms with Crippen LogP contribution in [0, 0.1) is 11.3 Å². The Morgan fingerprint density at radius 2 is 2.40 bits per heavy atom. The first-order chi connectivity index (χ1) is 4.84. The topological polar surface area (TPSA) is 23.8 Å². The smallest absolute Gasteiger partial charge is 0.0699 e. The van der Waals surface area contributed by atoms with Gasteiger partial charge in [0, 0.05) is 0 Å². The quantitative estimate of drug-likeness (QED) is 0.419. The molecule has 0 fully saturated rings. The second-order valence-electron chi connectivity index (χ2n) is 2.56. The lowest BCUT2D eigenvalue weighted by molar-refractivity contribution is 1.13. The number of nitriles is 1. The summed E-state index contributed by atoms with van der Waals surface area (Å²) in [5.74, 6) is 0. The van der Waals surface area contributed by atoms with Crippen LogP contribution in [-0.4, -0.2) is 18.0 Å². The second kappa shape index (κ2) is 3.74. The van der Waals surface area contributed by atoms with Gasteiger partial charge in [0.1, 0.15) is 0 Å². The van der Waals surface area contributed by atoms with E-state index in [9.17, 15) is 0 Å². The van der Waals surface area contributed by atoms with Gasteiger partial charge in [-0.25, -0.2) is 0 Å². The SMILES string of the molecule is CC(C#N)P1CC=CCC1. The summed E-state index contributed by atoms with van der Waals surface area (Å²) in [6.45, 7) is 2.05. The minimum atomic E-state index is 0.0190. The Morgan fingerprint density at radius 3 is 2.90 bits per heavy atom. The van der Waals surface area contributed by atoms with Gasteiger partial charge in [0.15, 0.2) is 0 Å². The van der Waals surface area contributed by atoms with Gasteiger partial charge in [-0.2, -0.15) is 5.26 Å². The van der Waals surface area contributed by atoms with Gasteiger partial charge in [-0.15, -0.1) is 0 Å². The van der Waals surface area contributed by atoms with Crippen molar-refractivity contribution in [1.29, 1.82) is 5.26 Å². The molecular formula is C8H12NP. The van der Waals surface area contributed by atoms with E-state index in [1.54, 1.807) is 0 Å². The monoisotopic (exact) mass is 153 g/mol. The Labute approximate surface area is 63.5 Å². The highest BCUT2D eigenvalue weighted by molar-refractivity contribution is 7.58. The van der Waals surface area contributed by atoms with Crippen LogP contribution in [0.5, 0.6) is 0 Å². The summed E-state index contributed by atoms with van der Waals surface area (Å²) in [6.07, 6.45) is 8.08.